The summed E-state index contributed by atoms with van der Waals surface area (Å²) in [4.78, 5) is 17.8. The van der Waals surface area contributed by atoms with Gasteiger partial charge in [-0.2, -0.15) is 0 Å². The lowest BCUT2D eigenvalue weighted by Crippen LogP contribution is -2.24. The minimum atomic E-state index is -0.325. The number of thiophene rings is 1. The van der Waals surface area contributed by atoms with Crippen molar-refractivity contribution in [1.82, 2.24) is 20.1 Å². The van der Waals surface area contributed by atoms with Crippen LogP contribution in [0.15, 0.2) is 70.9 Å². The number of nitrogens with one attached hydrogen (secondary N) is 1. The first-order chi connectivity index (χ1) is 12.3. The molecule has 0 atom stereocenters. The molecule has 0 bridgehead atoms. The Hall–Kier alpha value is -3.19. The third kappa shape index (κ3) is 3.22. The highest BCUT2D eigenvalue weighted by atomic mass is 32.1. The molecule has 1 amide bonds. The first-order valence-corrected chi connectivity index (χ1v) is 8.55. The highest BCUT2D eigenvalue weighted by Gasteiger charge is 2.19. The van der Waals surface area contributed by atoms with Crippen molar-refractivity contribution >= 4 is 17.2 Å². The van der Waals surface area contributed by atoms with E-state index in [9.17, 15) is 4.79 Å². The zero-order valence-corrected chi connectivity index (χ0v) is 13.9. The molecule has 3 heterocycles. The summed E-state index contributed by atoms with van der Waals surface area (Å²) in [5, 5.41) is 9.19. The molecule has 1 N–H and O–H groups in total. The molecule has 0 unspecified atom stereocenters. The van der Waals surface area contributed by atoms with Crippen LogP contribution in [0.3, 0.4) is 0 Å². The third-order valence-electron chi connectivity index (χ3n) is 3.59. The van der Waals surface area contributed by atoms with Gasteiger partial charge in [0.05, 0.1) is 23.1 Å². The van der Waals surface area contributed by atoms with E-state index >= 15 is 0 Å². The lowest BCUT2D eigenvalue weighted by molar-refractivity contribution is 0.0940. The number of furan rings is 1. The summed E-state index contributed by atoms with van der Waals surface area (Å²) < 4.78 is 6.69. The van der Waals surface area contributed by atoms with E-state index in [1.807, 2.05) is 47.8 Å². The Balaban J connectivity index is 1.66. The van der Waals surface area contributed by atoms with E-state index in [1.54, 1.807) is 34.6 Å². The maximum absolute atomic E-state index is 12.4. The van der Waals surface area contributed by atoms with Crippen LogP contribution in [0.4, 0.5) is 0 Å². The highest BCUT2D eigenvalue weighted by Crippen LogP contribution is 2.25. The molecule has 0 radical (unpaired) electrons. The quantitative estimate of drug-likeness (QED) is 0.598. The van der Waals surface area contributed by atoms with Crippen LogP contribution in [0.5, 0.6) is 0 Å². The molecule has 3 aromatic heterocycles. The minimum Gasteiger partial charge on any atom is -0.472 e. The van der Waals surface area contributed by atoms with E-state index in [1.165, 1.54) is 0 Å². The molecule has 4 aromatic rings. The van der Waals surface area contributed by atoms with Gasteiger partial charge in [-0.05, 0) is 29.6 Å². The van der Waals surface area contributed by atoms with Gasteiger partial charge < -0.3 is 9.73 Å². The molecule has 6 nitrogen and oxygen atoms in total. The van der Waals surface area contributed by atoms with Crippen LogP contribution >= 0.6 is 11.3 Å². The lowest BCUT2D eigenvalue weighted by atomic mass is 10.3. The van der Waals surface area contributed by atoms with Crippen LogP contribution in [0.1, 0.15) is 16.2 Å². The number of rotatable bonds is 5. The molecule has 0 spiro atoms. The van der Waals surface area contributed by atoms with Crippen LogP contribution in [-0.2, 0) is 6.54 Å². The second-order valence-corrected chi connectivity index (χ2v) is 6.25. The van der Waals surface area contributed by atoms with E-state index in [0.29, 0.717) is 12.4 Å². The predicted molar refractivity (Wildman–Crippen MR) is 94.6 cm³/mol. The van der Waals surface area contributed by atoms with E-state index in [-0.39, 0.29) is 11.7 Å². The fourth-order valence-electron chi connectivity index (χ4n) is 2.38. The molecule has 0 aliphatic carbocycles. The molecule has 0 aliphatic rings. The zero-order chi connectivity index (χ0) is 17.1. The maximum atomic E-state index is 12.4. The Morgan fingerprint density at radius 3 is 2.76 bits per heavy atom. The molecule has 0 fully saturated rings. The Morgan fingerprint density at radius 2 is 2.04 bits per heavy atom. The van der Waals surface area contributed by atoms with Gasteiger partial charge in [-0.3, -0.25) is 4.79 Å². The Morgan fingerprint density at radius 1 is 1.16 bits per heavy atom. The number of aromatic nitrogens is 3. The standard InChI is InChI=1S/C18H14N4O2S/c23-18(19-11-13-8-9-24-12-13)16-20-17(15-7-4-10-25-15)22(21-16)14-5-2-1-3-6-14/h1-10,12H,11H2,(H,19,23). The normalized spacial score (nSPS) is 10.7. The molecule has 1 aromatic carbocycles. The Labute approximate surface area is 147 Å². The maximum Gasteiger partial charge on any atom is 0.291 e. The first-order valence-electron chi connectivity index (χ1n) is 7.67. The summed E-state index contributed by atoms with van der Waals surface area (Å²) >= 11 is 1.55. The molecule has 25 heavy (non-hydrogen) atoms. The lowest BCUT2D eigenvalue weighted by Gasteiger charge is -2.03. The van der Waals surface area contributed by atoms with E-state index < -0.39 is 0 Å². The van der Waals surface area contributed by atoms with Gasteiger partial charge in [0.1, 0.15) is 0 Å². The SMILES string of the molecule is O=C(NCc1ccoc1)c1nc(-c2cccs2)n(-c2ccccc2)n1. The molecular weight excluding hydrogens is 336 g/mol. The number of amides is 1. The van der Waals surface area contributed by atoms with Gasteiger partial charge >= 0.3 is 0 Å². The number of carbonyl (C=O) groups excluding carboxylic acids is 1. The van der Waals surface area contributed by atoms with Crippen molar-refractivity contribution in [3.8, 4) is 16.4 Å². The largest absolute Gasteiger partial charge is 0.472 e. The average molecular weight is 350 g/mol. The number of para-hydroxylation sites is 1. The molecule has 0 aliphatic heterocycles. The van der Waals surface area contributed by atoms with Crippen molar-refractivity contribution in [2.45, 2.75) is 6.54 Å². The number of carbonyl (C=O) groups is 1. The first kappa shape index (κ1) is 15.3. The van der Waals surface area contributed by atoms with Gasteiger partial charge in [-0.1, -0.05) is 24.3 Å². The van der Waals surface area contributed by atoms with Crippen molar-refractivity contribution in [3.05, 3.63) is 77.8 Å². The Kier molecular flexibility index (Phi) is 4.14. The summed E-state index contributed by atoms with van der Waals surface area (Å²) in [5.41, 5.74) is 1.74. The van der Waals surface area contributed by atoms with Gasteiger partial charge in [-0.15, -0.1) is 16.4 Å². The molecule has 4 rings (SSSR count). The molecule has 124 valence electrons. The van der Waals surface area contributed by atoms with E-state index in [0.717, 1.165) is 16.1 Å². The van der Waals surface area contributed by atoms with Crippen LogP contribution < -0.4 is 5.32 Å². The second kappa shape index (κ2) is 6.74. The predicted octanol–water partition coefficient (Wildman–Crippen LogP) is 3.52. The van der Waals surface area contributed by atoms with Crippen LogP contribution in [-0.4, -0.2) is 20.7 Å². The van der Waals surface area contributed by atoms with Gasteiger partial charge in [0.2, 0.25) is 5.82 Å². The second-order valence-electron chi connectivity index (χ2n) is 5.30. The van der Waals surface area contributed by atoms with Crippen molar-refractivity contribution in [1.29, 1.82) is 0 Å². The summed E-state index contributed by atoms with van der Waals surface area (Å²) in [6.45, 7) is 0.365. The van der Waals surface area contributed by atoms with Crippen LogP contribution in [0.25, 0.3) is 16.4 Å². The summed E-state index contributed by atoms with van der Waals surface area (Å²) in [6, 6.07) is 15.3. The zero-order valence-electron chi connectivity index (χ0n) is 13.1. The fraction of sp³-hybridized carbons (Fsp3) is 0.0556. The number of hydrogen-bond acceptors (Lipinski definition) is 5. The third-order valence-corrected chi connectivity index (χ3v) is 4.45. The number of benzene rings is 1. The van der Waals surface area contributed by atoms with Gasteiger partial charge in [0.25, 0.3) is 5.91 Å². The smallest absolute Gasteiger partial charge is 0.291 e. The number of nitrogens with zero attached hydrogens (tertiary/aromatic N) is 3. The van der Waals surface area contributed by atoms with Crippen molar-refractivity contribution in [3.63, 3.8) is 0 Å². The Bertz CT molecular complexity index is 960. The van der Waals surface area contributed by atoms with Gasteiger partial charge in [0.15, 0.2) is 5.82 Å². The van der Waals surface area contributed by atoms with Crippen molar-refractivity contribution < 1.29 is 9.21 Å². The molecule has 7 heteroatoms. The fourth-order valence-corrected chi connectivity index (χ4v) is 3.08. The number of hydrogen-bond donors (Lipinski definition) is 1. The van der Waals surface area contributed by atoms with E-state index in [4.69, 9.17) is 4.42 Å². The topological polar surface area (TPSA) is 73.0 Å². The van der Waals surface area contributed by atoms with Crippen LogP contribution in [0.2, 0.25) is 0 Å². The van der Waals surface area contributed by atoms with E-state index in [2.05, 4.69) is 15.4 Å². The minimum absolute atomic E-state index is 0.135. The summed E-state index contributed by atoms with van der Waals surface area (Å²) in [6.07, 6.45) is 3.16. The van der Waals surface area contributed by atoms with Gasteiger partial charge in [0, 0.05) is 12.1 Å². The summed E-state index contributed by atoms with van der Waals surface area (Å²) in [7, 11) is 0. The highest BCUT2D eigenvalue weighted by molar-refractivity contribution is 7.13. The van der Waals surface area contributed by atoms with Crippen molar-refractivity contribution in [2.75, 3.05) is 0 Å². The molecular formula is C18H14N4O2S. The van der Waals surface area contributed by atoms with Crippen molar-refractivity contribution in [2.24, 2.45) is 0 Å². The average Bonchev–Trinajstić information content (AvgIpc) is 3.41. The van der Waals surface area contributed by atoms with Crippen LogP contribution in [0, 0.1) is 0 Å². The monoisotopic (exact) mass is 350 g/mol. The summed E-state index contributed by atoms with van der Waals surface area (Å²) in [5.74, 6) is 0.457. The molecule has 0 saturated carbocycles. The molecule has 0 saturated heterocycles. The van der Waals surface area contributed by atoms with Gasteiger partial charge in [-0.25, -0.2) is 9.67 Å².